The molecule has 1 rings (SSSR count). The lowest BCUT2D eigenvalue weighted by molar-refractivity contribution is -0.137. The number of carbonyl (C=O) groups is 1. The molecule has 0 aromatic heterocycles. The summed E-state index contributed by atoms with van der Waals surface area (Å²) in [5.41, 5.74) is 2.00. The fourth-order valence-electron chi connectivity index (χ4n) is 1.88. The van der Waals surface area contributed by atoms with Crippen molar-refractivity contribution in [3.05, 3.63) is 72.4 Å². The van der Waals surface area contributed by atoms with Crippen LogP contribution in [0.3, 0.4) is 0 Å². The molecule has 0 spiro atoms. The first kappa shape index (κ1) is 17.9. The van der Waals surface area contributed by atoms with Crippen LogP contribution in [0.5, 0.6) is 0 Å². The maximum absolute atomic E-state index is 11.0. The van der Waals surface area contributed by atoms with Gasteiger partial charge in [0.15, 0.2) is 0 Å². The van der Waals surface area contributed by atoms with Crippen molar-refractivity contribution in [1.82, 2.24) is 0 Å². The Kier molecular flexibility index (Phi) is 9.67. The Balaban J connectivity index is 0.00000172. The molecule has 1 N–H and O–H groups in total. The fraction of sp³-hybridized carbons (Fsp3) is 0.278. The molecule has 1 unspecified atom stereocenters. The van der Waals surface area contributed by atoms with Gasteiger partial charge in [0.1, 0.15) is 0 Å². The molecule has 2 nitrogen and oxygen atoms in total. The third-order valence-electron chi connectivity index (χ3n) is 2.74. The summed E-state index contributed by atoms with van der Waals surface area (Å²) in [7, 11) is 0. The van der Waals surface area contributed by atoms with E-state index < -0.39 is 5.97 Å². The van der Waals surface area contributed by atoms with Crippen LogP contribution in [-0.2, 0) is 4.79 Å². The highest BCUT2D eigenvalue weighted by atomic mass is 16.4. The molecule has 0 radical (unpaired) electrons. The Labute approximate surface area is 122 Å². The summed E-state index contributed by atoms with van der Waals surface area (Å²) in [5, 5.41) is 9.04. The number of aliphatic carboxylic acids is 1. The summed E-state index contributed by atoms with van der Waals surface area (Å²) in [4.78, 5) is 11.0. The van der Waals surface area contributed by atoms with Crippen LogP contribution < -0.4 is 0 Å². The van der Waals surface area contributed by atoms with Crippen molar-refractivity contribution in [1.29, 1.82) is 0 Å². The standard InChI is InChI=1S/C16H18O2.C2H6/c1-3-5-9-13(4-2)15(12-16(17)18)14-10-7-6-8-11-14;1-2/h3-11,15H,1,12H2,2H3,(H,17,18);1-2H3/b9-5-,13-4+;. The van der Waals surface area contributed by atoms with E-state index in [2.05, 4.69) is 6.58 Å². The van der Waals surface area contributed by atoms with Crippen LogP contribution in [0, 0.1) is 0 Å². The largest absolute Gasteiger partial charge is 0.481 e. The fourth-order valence-corrected chi connectivity index (χ4v) is 1.88. The highest BCUT2D eigenvalue weighted by molar-refractivity contribution is 5.69. The minimum atomic E-state index is -0.796. The first-order valence-corrected chi connectivity index (χ1v) is 6.91. The second kappa shape index (κ2) is 10.8. The lowest BCUT2D eigenvalue weighted by Gasteiger charge is -2.16. The predicted octanol–water partition coefficient (Wildman–Crippen LogP) is 4.96. The second-order valence-electron chi connectivity index (χ2n) is 3.94. The number of hydrogen-bond acceptors (Lipinski definition) is 1. The van der Waals surface area contributed by atoms with Gasteiger partial charge in [-0.15, -0.1) is 0 Å². The number of benzene rings is 1. The van der Waals surface area contributed by atoms with Gasteiger partial charge in [0.05, 0.1) is 6.42 Å². The van der Waals surface area contributed by atoms with E-state index in [-0.39, 0.29) is 12.3 Å². The molecule has 0 saturated heterocycles. The summed E-state index contributed by atoms with van der Waals surface area (Å²) in [6.45, 7) is 9.55. The van der Waals surface area contributed by atoms with Crippen LogP contribution in [0.15, 0.2) is 66.8 Å². The van der Waals surface area contributed by atoms with Crippen LogP contribution in [0.4, 0.5) is 0 Å². The summed E-state index contributed by atoms with van der Waals surface area (Å²) in [6.07, 6.45) is 7.46. The molecule has 1 atom stereocenters. The molecule has 108 valence electrons. The van der Waals surface area contributed by atoms with Crippen LogP contribution in [0.1, 0.15) is 38.7 Å². The molecule has 20 heavy (non-hydrogen) atoms. The van der Waals surface area contributed by atoms with Crippen molar-refractivity contribution in [2.75, 3.05) is 0 Å². The molecule has 1 aromatic rings. The Hall–Kier alpha value is -2.09. The van der Waals surface area contributed by atoms with Crippen LogP contribution in [0.25, 0.3) is 0 Å². The van der Waals surface area contributed by atoms with E-state index in [0.29, 0.717) is 0 Å². The smallest absolute Gasteiger partial charge is 0.304 e. The molecule has 0 aliphatic rings. The Morgan fingerprint density at radius 3 is 2.35 bits per heavy atom. The molecule has 2 heteroatoms. The number of carboxylic acids is 1. The van der Waals surface area contributed by atoms with E-state index in [0.717, 1.165) is 11.1 Å². The molecular weight excluding hydrogens is 248 g/mol. The molecule has 0 aliphatic carbocycles. The van der Waals surface area contributed by atoms with Crippen molar-refractivity contribution in [2.24, 2.45) is 0 Å². The molecule has 0 bridgehead atoms. The van der Waals surface area contributed by atoms with Gasteiger partial charge in [-0.05, 0) is 18.1 Å². The van der Waals surface area contributed by atoms with E-state index in [9.17, 15) is 4.79 Å². The maximum atomic E-state index is 11.0. The van der Waals surface area contributed by atoms with Crippen molar-refractivity contribution >= 4 is 5.97 Å². The summed E-state index contributed by atoms with van der Waals surface area (Å²) >= 11 is 0. The van der Waals surface area contributed by atoms with E-state index in [4.69, 9.17) is 5.11 Å². The Morgan fingerprint density at radius 2 is 1.90 bits per heavy atom. The van der Waals surface area contributed by atoms with Gasteiger partial charge in [-0.2, -0.15) is 0 Å². The molecule has 0 fully saturated rings. The van der Waals surface area contributed by atoms with Crippen molar-refractivity contribution in [3.8, 4) is 0 Å². The Morgan fingerprint density at radius 1 is 1.30 bits per heavy atom. The zero-order valence-corrected chi connectivity index (χ0v) is 12.5. The van der Waals surface area contributed by atoms with Gasteiger partial charge in [-0.3, -0.25) is 4.79 Å². The van der Waals surface area contributed by atoms with Crippen molar-refractivity contribution < 1.29 is 9.90 Å². The highest BCUT2D eigenvalue weighted by Gasteiger charge is 2.17. The first-order valence-electron chi connectivity index (χ1n) is 6.91. The molecule has 0 saturated carbocycles. The van der Waals surface area contributed by atoms with Gasteiger partial charge in [-0.25, -0.2) is 0 Å². The number of carboxylic acid groups (broad SMARTS) is 1. The van der Waals surface area contributed by atoms with E-state index in [1.54, 1.807) is 6.08 Å². The first-order chi connectivity index (χ1) is 9.69. The van der Waals surface area contributed by atoms with Crippen LogP contribution >= 0.6 is 0 Å². The quantitative estimate of drug-likeness (QED) is 0.743. The third kappa shape index (κ3) is 6.19. The average molecular weight is 272 g/mol. The Bertz CT molecular complexity index is 456. The van der Waals surface area contributed by atoms with E-state index >= 15 is 0 Å². The third-order valence-corrected chi connectivity index (χ3v) is 2.74. The van der Waals surface area contributed by atoms with Crippen molar-refractivity contribution in [2.45, 2.75) is 33.1 Å². The average Bonchev–Trinajstić information content (AvgIpc) is 2.49. The maximum Gasteiger partial charge on any atom is 0.304 e. The summed E-state index contributed by atoms with van der Waals surface area (Å²) in [6, 6.07) is 9.69. The molecule has 1 aromatic carbocycles. The second-order valence-corrected chi connectivity index (χ2v) is 3.94. The van der Waals surface area contributed by atoms with Crippen LogP contribution in [0.2, 0.25) is 0 Å². The lowest BCUT2D eigenvalue weighted by atomic mass is 9.88. The van der Waals surface area contributed by atoms with Gasteiger partial charge in [0.2, 0.25) is 0 Å². The summed E-state index contributed by atoms with van der Waals surface area (Å²) < 4.78 is 0. The van der Waals surface area contributed by atoms with Crippen molar-refractivity contribution in [3.63, 3.8) is 0 Å². The van der Waals surface area contributed by atoms with Gasteiger partial charge in [-0.1, -0.05) is 75.1 Å². The van der Waals surface area contributed by atoms with Gasteiger partial charge < -0.3 is 5.11 Å². The minimum Gasteiger partial charge on any atom is -0.481 e. The minimum absolute atomic E-state index is 0.0885. The normalized spacial score (nSPS) is 12.4. The summed E-state index contributed by atoms with van der Waals surface area (Å²) in [5.74, 6) is -0.917. The SMILES string of the molecule is C=C/C=C\C(=C/C)C(CC(=O)O)c1ccccc1.CC. The predicted molar refractivity (Wildman–Crippen MR) is 85.9 cm³/mol. The molecule has 0 aliphatic heterocycles. The lowest BCUT2D eigenvalue weighted by Crippen LogP contribution is -2.08. The number of hydrogen-bond donors (Lipinski definition) is 1. The monoisotopic (exact) mass is 272 g/mol. The van der Waals surface area contributed by atoms with Gasteiger partial charge in [0.25, 0.3) is 0 Å². The molecule has 0 heterocycles. The van der Waals surface area contributed by atoms with Crippen LogP contribution in [-0.4, -0.2) is 11.1 Å². The zero-order chi connectivity index (χ0) is 15.4. The highest BCUT2D eigenvalue weighted by Crippen LogP contribution is 2.28. The zero-order valence-electron chi connectivity index (χ0n) is 12.5. The van der Waals surface area contributed by atoms with Gasteiger partial charge >= 0.3 is 5.97 Å². The number of rotatable bonds is 6. The molecule has 0 amide bonds. The van der Waals surface area contributed by atoms with E-state index in [1.165, 1.54) is 0 Å². The van der Waals surface area contributed by atoms with E-state index in [1.807, 2.05) is 69.3 Å². The number of allylic oxidation sites excluding steroid dienone is 5. The molecular formula is C18H24O2. The topological polar surface area (TPSA) is 37.3 Å². The van der Waals surface area contributed by atoms with Gasteiger partial charge in [0, 0.05) is 5.92 Å².